The molecule has 0 atom stereocenters. The molecule has 0 saturated heterocycles. The highest BCUT2D eigenvalue weighted by atomic mass is 16.5. The second-order valence-corrected chi connectivity index (χ2v) is 4.65. The first-order chi connectivity index (χ1) is 10.7. The lowest BCUT2D eigenvalue weighted by Crippen LogP contribution is -2.21. The van der Waals surface area contributed by atoms with Gasteiger partial charge in [0.1, 0.15) is 0 Å². The van der Waals surface area contributed by atoms with Crippen molar-refractivity contribution in [3.8, 4) is 11.5 Å². The van der Waals surface area contributed by atoms with Crippen LogP contribution in [-0.2, 0) is 4.79 Å². The van der Waals surface area contributed by atoms with Crippen LogP contribution in [0.1, 0.15) is 15.9 Å². The van der Waals surface area contributed by atoms with Crippen molar-refractivity contribution < 1.29 is 19.1 Å². The van der Waals surface area contributed by atoms with Gasteiger partial charge in [-0.15, -0.1) is 0 Å². The molecule has 0 aromatic heterocycles. The van der Waals surface area contributed by atoms with Gasteiger partial charge < -0.3 is 14.8 Å². The molecule has 0 aliphatic carbocycles. The smallest absolute Gasteiger partial charge is 0.262 e. The van der Waals surface area contributed by atoms with E-state index in [1.54, 1.807) is 18.2 Å². The third kappa shape index (κ3) is 3.63. The molecule has 0 aliphatic heterocycles. The first-order valence-corrected chi connectivity index (χ1v) is 6.76. The number of nitrogens with one attached hydrogen (secondary N) is 1. The van der Waals surface area contributed by atoms with Crippen molar-refractivity contribution in [2.75, 3.05) is 19.0 Å². The van der Waals surface area contributed by atoms with E-state index in [9.17, 15) is 9.59 Å². The maximum Gasteiger partial charge on any atom is 0.262 e. The summed E-state index contributed by atoms with van der Waals surface area (Å²) in [5, 5.41) is 2.76. The third-order valence-corrected chi connectivity index (χ3v) is 3.12. The topological polar surface area (TPSA) is 64.6 Å². The van der Waals surface area contributed by atoms with Gasteiger partial charge in [-0.05, 0) is 30.7 Å². The Bertz CT molecular complexity index is 682. The van der Waals surface area contributed by atoms with Crippen LogP contribution in [0.2, 0.25) is 0 Å². The Morgan fingerprint density at radius 3 is 2.64 bits per heavy atom. The van der Waals surface area contributed by atoms with Crippen molar-refractivity contribution in [2.24, 2.45) is 0 Å². The molecule has 5 nitrogen and oxygen atoms in total. The molecule has 2 aromatic carbocycles. The molecule has 0 fully saturated rings. The molecule has 0 spiro atoms. The molecule has 0 aliphatic rings. The lowest BCUT2D eigenvalue weighted by Gasteiger charge is -2.13. The molecule has 22 heavy (non-hydrogen) atoms. The average Bonchev–Trinajstić information content (AvgIpc) is 2.54. The van der Waals surface area contributed by atoms with Gasteiger partial charge in [0.05, 0.1) is 12.7 Å². The number of benzene rings is 2. The van der Waals surface area contributed by atoms with E-state index in [-0.39, 0.29) is 18.3 Å². The van der Waals surface area contributed by atoms with Gasteiger partial charge in [-0.25, -0.2) is 0 Å². The van der Waals surface area contributed by atoms with Crippen LogP contribution < -0.4 is 14.8 Å². The van der Waals surface area contributed by atoms with E-state index >= 15 is 0 Å². The van der Waals surface area contributed by atoms with Gasteiger partial charge in [-0.1, -0.05) is 24.3 Å². The summed E-state index contributed by atoms with van der Waals surface area (Å²) >= 11 is 0. The molecule has 114 valence electrons. The maximum atomic E-state index is 12.0. The van der Waals surface area contributed by atoms with Crippen LogP contribution in [0.25, 0.3) is 0 Å². The minimum Gasteiger partial charge on any atom is -0.493 e. The fourth-order valence-corrected chi connectivity index (χ4v) is 1.98. The number of carbonyl (C=O) groups is 2. The summed E-state index contributed by atoms with van der Waals surface area (Å²) in [4.78, 5) is 23.0. The van der Waals surface area contributed by atoms with Gasteiger partial charge >= 0.3 is 0 Å². The van der Waals surface area contributed by atoms with E-state index in [4.69, 9.17) is 9.47 Å². The summed E-state index contributed by atoms with van der Waals surface area (Å²) in [6, 6.07) is 12.4. The SMILES string of the molecule is COc1cccc(C=O)c1OCC(=O)Nc1ccccc1C. The average molecular weight is 299 g/mol. The van der Waals surface area contributed by atoms with Crippen LogP contribution in [0.4, 0.5) is 5.69 Å². The van der Waals surface area contributed by atoms with Gasteiger partial charge in [0.15, 0.2) is 24.4 Å². The van der Waals surface area contributed by atoms with Crippen molar-refractivity contribution >= 4 is 17.9 Å². The first kappa shape index (κ1) is 15.6. The fraction of sp³-hybridized carbons (Fsp3) is 0.176. The minimum absolute atomic E-state index is 0.213. The van der Waals surface area contributed by atoms with Crippen molar-refractivity contribution in [3.05, 3.63) is 53.6 Å². The Hall–Kier alpha value is -2.82. The van der Waals surface area contributed by atoms with Crippen LogP contribution in [0.15, 0.2) is 42.5 Å². The number of ether oxygens (including phenoxy) is 2. The Morgan fingerprint density at radius 1 is 1.18 bits per heavy atom. The zero-order chi connectivity index (χ0) is 15.9. The second kappa shape index (κ2) is 7.26. The molecule has 2 rings (SSSR count). The summed E-state index contributed by atoms with van der Waals surface area (Å²) < 4.78 is 10.6. The second-order valence-electron chi connectivity index (χ2n) is 4.65. The third-order valence-electron chi connectivity index (χ3n) is 3.12. The van der Waals surface area contributed by atoms with Gasteiger partial charge in [-0.3, -0.25) is 9.59 Å². The van der Waals surface area contributed by atoms with E-state index in [1.807, 2.05) is 31.2 Å². The molecule has 1 N–H and O–H groups in total. The van der Waals surface area contributed by atoms with Gasteiger partial charge in [0.25, 0.3) is 5.91 Å². The van der Waals surface area contributed by atoms with Crippen molar-refractivity contribution in [3.63, 3.8) is 0 Å². The molecular weight excluding hydrogens is 282 g/mol. The van der Waals surface area contributed by atoms with E-state index in [1.165, 1.54) is 7.11 Å². The van der Waals surface area contributed by atoms with Gasteiger partial charge in [0.2, 0.25) is 0 Å². The maximum absolute atomic E-state index is 12.0. The Labute approximate surface area is 128 Å². The number of hydrogen-bond acceptors (Lipinski definition) is 4. The number of para-hydroxylation sites is 2. The minimum atomic E-state index is -0.308. The summed E-state index contributed by atoms with van der Waals surface area (Å²) in [6.45, 7) is 1.69. The van der Waals surface area contributed by atoms with Crippen LogP contribution >= 0.6 is 0 Å². The van der Waals surface area contributed by atoms with E-state index in [2.05, 4.69) is 5.32 Å². The zero-order valence-electron chi connectivity index (χ0n) is 12.5. The van der Waals surface area contributed by atoms with Crippen LogP contribution in [0, 0.1) is 6.92 Å². The standard InChI is InChI=1S/C17H17NO4/c1-12-6-3-4-8-14(12)18-16(20)11-22-17-13(10-19)7-5-9-15(17)21-2/h3-10H,11H2,1-2H3,(H,18,20). The Balaban J connectivity index is 2.06. The molecule has 2 aromatic rings. The van der Waals surface area contributed by atoms with Gasteiger partial charge in [0, 0.05) is 5.69 Å². The highest BCUT2D eigenvalue weighted by Crippen LogP contribution is 2.29. The monoisotopic (exact) mass is 299 g/mol. The Kier molecular flexibility index (Phi) is 5.14. The number of hydrogen-bond donors (Lipinski definition) is 1. The quantitative estimate of drug-likeness (QED) is 0.833. The molecule has 5 heteroatoms. The van der Waals surface area contributed by atoms with Crippen molar-refractivity contribution in [1.29, 1.82) is 0 Å². The lowest BCUT2D eigenvalue weighted by atomic mass is 10.2. The highest BCUT2D eigenvalue weighted by Gasteiger charge is 2.12. The number of amides is 1. The molecule has 0 radical (unpaired) electrons. The number of carbonyl (C=O) groups excluding carboxylic acids is 2. The molecule has 1 amide bonds. The van der Waals surface area contributed by atoms with Crippen LogP contribution in [-0.4, -0.2) is 25.9 Å². The number of anilines is 1. The van der Waals surface area contributed by atoms with E-state index in [0.29, 0.717) is 17.6 Å². The van der Waals surface area contributed by atoms with Gasteiger partial charge in [-0.2, -0.15) is 0 Å². The predicted octanol–water partition coefficient (Wildman–Crippen LogP) is 2.83. The van der Waals surface area contributed by atoms with E-state index in [0.717, 1.165) is 11.3 Å². The zero-order valence-corrected chi connectivity index (χ0v) is 12.5. The van der Waals surface area contributed by atoms with Crippen LogP contribution in [0.3, 0.4) is 0 Å². The lowest BCUT2D eigenvalue weighted by molar-refractivity contribution is -0.118. The fourth-order valence-electron chi connectivity index (χ4n) is 1.98. The Morgan fingerprint density at radius 2 is 1.95 bits per heavy atom. The highest BCUT2D eigenvalue weighted by molar-refractivity contribution is 5.92. The summed E-state index contributed by atoms with van der Waals surface area (Å²) in [6.07, 6.45) is 0.664. The van der Waals surface area contributed by atoms with Crippen LogP contribution in [0.5, 0.6) is 11.5 Å². The number of aldehydes is 1. The number of aryl methyl sites for hydroxylation is 1. The first-order valence-electron chi connectivity index (χ1n) is 6.76. The number of rotatable bonds is 6. The molecular formula is C17H17NO4. The van der Waals surface area contributed by atoms with Crippen molar-refractivity contribution in [2.45, 2.75) is 6.92 Å². The molecule has 0 saturated carbocycles. The van der Waals surface area contributed by atoms with Crippen molar-refractivity contribution in [1.82, 2.24) is 0 Å². The predicted molar refractivity (Wildman–Crippen MR) is 83.7 cm³/mol. The normalized spacial score (nSPS) is 9.91. The molecule has 0 unspecified atom stereocenters. The summed E-state index contributed by atoms with van der Waals surface area (Å²) in [7, 11) is 1.48. The van der Waals surface area contributed by atoms with E-state index < -0.39 is 0 Å². The largest absolute Gasteiger partial charge is 0.493 e. The summed E-state index contributed by atoms with van der Waals surface area (Å²) in [5.41, 5.74) is 2.02. The summed E-state index contributed by atoms with van der Waals surface area (Å²) in [5.74, 6) is 0.366. The molecule has 0 bridgehead atoms. The number of methoxy groups -OCH3 is 1. The molecule has 0 heterocycles.